The normalized spacial score (nSPS) is 9.56. The molecule has 0 aliphatic rings. The lowest BCUT2D eigenvalue weighted by molar-refractivity contribution is 0.564. The van der Waals surface area contributed by atoms with Gasteiger partial charge in [-0.2, -0.15) is 0 Å². The number of pyridine rings is 1. The number of rotatable bonds is 0. The molecule has 18 heavy (non-hydrogen) atoms. The molecule has 1 aromatic carbocycles. The van der Waals surface area contributed by atoms with E-state index in [0.717, 1.165) is 5.39 Å². The molecule has 3 rings (SSSR count). The molecule has 0 unspecified atom stereocenters. The molecule has 0 atom stereocenters. The summed E-state index contributed by atoms with van der Waals surface area (Å²) in [6, 6.07) is 14.6. The lowest BCUT2D eigenvalue weighted by Gasteiger charge is -1.95. The highest BCUT2D eigenvalue weighted by Gasteiger charge is 1.98. The van der Waals surface area contributed by atoms with Gasteiger partial charge in [-0.1, -0.05) is 24.3 Å². The molecule has 0 fully saturated rings. The van der Waals surface area contributed by atoms with Crippen LogP contribution in [0.2, 0.25) is 0 Å². The third-order valence-electron chi connectivity index (χ3n) is 2.23. The molecule has 0 bridgehead atoms. The van der Waals surface area contributed by atoms with Gasteiger partial charge in [-0.05, 0) is 24.3 Å². The first-order valence-corrected chi connectivity index (χ1v) is 5.41. The standard InChI is InChI=1S/C9H7NO2.C5H5N/c10-7-5-6-3-1-2-4-8(6)12-9(7)11;1-2-4-6-5-3-1/h1-5H,10H2;1-5H. The number of nitrogens with zero attached hydrogens (tertiary/aromatic N) is 1. The zero-order chi connectivity index (χ0) is 12.8. The van der Waals surface area contributed by atoms with Crippen molar-refractivity contribution < 1.29 is 4.42 Å². The summed E-state index contributed by atoms with van der Waals surface area (Å²) in [6.45, 7) is 0. The van der Waals surface area contributed by atoms with Crippen LogP contribution >= 0.6 is 0 Å². The summed E-state index contributed by atoms with van der Waals surface area (Å²) in [7, 11) is 0. The minimum absolute atomic E-state index is 0.147. The van der Waals surface area contributed by atoms with E-state index >= 15 is 0 Å². The van der Waals surface area contributed by atoms with Crippen molar-refractivity contribution in [2.75, 3.05) is 5.73 Å². The molecular formula is C14H12N2O2. The van der Waals surface area contributed by atoms with Gasteiger partial charge in [0.25, 0.3) is 0 Å². The maximum atomic E-state index is 10.9. The van der Waals surface area contributed by atoms with Crippen LogP contribution in [0.15, 0.2) is 70.1 Å². The number of nitrogen functional groups attached to an aromatic ring is 1. The van der Waals surface area contributed by atoms with Gasteiger partial charge in [-0.25, -0.2) is 4.79 Å². The van der Waals surface area contributed by atoms with Gasteiger partial charge < -0.3 is 10.2 Å². The average Bonchev–Trinajstić information content (AvgIpc) is 2.43. The van der Waals surface area contributed by atoms with E-state index in [1.165, 1.54) is 0 Å². The fourth-order valence-electron chi connectivity index (χ4n) is 1.39. The van der Waals surface area contributed by atoms with E-state index in [9.17, 15) is 4.79 Å². The Morgan fingerprint density at radius 2 is 1.72 bits per heavy atom. The molecule has 0 amide bonds. The fourth-order valence-corrected chi connectivity index (χ4v) is 1.39. The summed E-state index contributed by atoms with van der Waals surface area (Å²) in [5, 5.41) is 0.842. The number of aromatic nitrogens is 1. The molecule has 3 aromatic rings. The maximum absolute atomic E-state index is 10.9. The summed E-state index contributed by atoms with van der Waals surface area (Å²) in [4.78, 5) is 14.7. The summed E-state index contributed by atoms with van der Waals surface area (Å²) in [5.41, 5.74) is 5.61. The minimum atomic E-state index is -0.478. The van der Waals surface area contributed by atoms with Crippen LogP contribution < -0.4 is 11.4 Å². The molecule has 90 valence electrons. The van der Waals surface area contributed by atoms with Crippen LogP contribution in [0.1, 0.15) is 0 Å². The van der Waals surface area contributed by atoms with Crippen LogP contribution in [0, 0.1) is 0 Å². The number of hydrogen-bond donors (Lipinski definition) is 1. The lowest BCUT2D eigenvalue weighted by Crippen LogP contribution is -2.05. The van der Waals surface area contributed by atoms with Crippen LogP contribution in [0.3, 0.4) is 0 Å². The number of anilines is 1. The summed E-state index contributed by atoms with van der Waals surface area (Å²) in [6.07, 6.45) is 3.50. The average molecular weight is 240 g/mol. The third kappa shape index (κ3) is 2.95. The molecule has 0 saturated carbocycles. The van der Waals surface area contributed by atoms with E-state index in [0.29, 0.717) is 5.58 Å². The second-order valence-corrected chi connectivity index (χ2v) is 3.55. The molecule has 2 N–H and O–H groups in total. The molecule has 4 nitrogen and oxygen atoms in total. The molecule has 2 heterocycles. The van der Waals surface area contributed by atoms with Gasteiger partial charge in [-0.3, -0.25) is 4.98 Å². The third-order valence-corrected chi connectivity index (χ3v) is 2.23. The zero-order valence-electron chi connectivity index (χ0n) is 9.61. The minimum Gasteiger partial charge on any atom is -0.421 e. The number of benzene rings is 1. The van der Waals surface area contributed by atoms with Gasteiger partial charge in [0.2, 0.25) is 0 Å². The first-order chi connectivity index (χ1) is 8.77. The second-order valence-electron chi connectivity index (χ2n) is 3.55. The van der Waals surface area contributed by atoms with E-state index in [4.69, 9.17) is 10.2 Å². The van der Waals surface area contributed by atoms with Crippen molar-refractivity contribution in [2.24, 2.45) is 0 Å². The first-order valence-electron chi connectivity index (χ1n) is 5.41. The molecule has 0 radical (unpaired) electrons. The van der Waals surface area contributed by atoms with Gasteiger partial charge in [-0.15, -0.1) is 0 Å². The number of nitrogens with two attached hydrogens (primary N) is 1. The Morgan fingerprint density at radius 3 is 2.33 bits per heavy atom. The monoisotopic (exact) mass is 240 g/mol. The number of hydrogen-bond acceptors (Lipinski definition) is 4. The fraction of sp³-hybridized carbons (Fsp3) is 0. The SMILES string of the molecule is Nc1cc2ccccc2oc1=O.c1ccncc1. The van der Waals surface area contributed by atoms with Crippen molar-refractivity contribution in [3.63, 3.8) is 0 Å². The Labute approximate surface area is 104 Å². The Bertz CT molecular complexity index is 651. The van der Waals surface area contributed by atoms with Crippen LogP contribution in [0.5, 0.6) is 0 Å². The predicted molar refractivity (Wildman–Crippen MR) is 71.1 cm³/mol. The van der Waals surface area contributed by atoms with E-state index in [2.05, 4.69) is 4.98 Å². The highest BCUT2D eigenvalue weighted by molar-refractivity contribution is 5.78. The summed E-state index contributed by atoms with van der Waals surface area (Å²) < 4.78 is 4.91. The maximum Gasteiger partial charge on any atom is 0.359 e. The lowest BCUT2D eigenvalue weighted by atomic mass is 10.2. The zero-order valence-corrected chi connectivity index (χ0v) is 9.61. The molecule has 0 aliphatic heterocycles. The van der Waals surface area contributed by atoms with Crippen LogP contribution in [0.4, 0.5) is 5.69 Å². The van der Waals surface area contributed by atoms with Gasteiger partial charge >= 0.3 is 5.63 Å². The molecule has 2 aromatic heterocycles. The topological polar surface area (TPSA) is 69.1 Å². The number of para-hydroxylation sites is 1. The Balaban J connectivity index is 0.000000169. The largest absolute Gasteiger partial charge is 0.421 e. The van der Waals surface area contributed by atoms with Crippen molar-refractivity contribution in [1.29, 1.82) is 0 Å². The molecule has 0 aliphatic carbocycles. The quantitative estimate of drug-likeness (QED) is 0.613. The van der Waals surface area contributed by atoms with E-state index in [1.807, 2.05) is 36.4 Å². The molecule has 0 saturated heterocycles. The van der Waals surface area contributed by atoms with Crippen LogP contribution in [-0.2, 0) is 0 Å². The summed E-state index contributed by atoms with van der Waals surface area (Å²) in [5.74, 6) is 0. The van der Waals surface area contributed by atoms with Gasteiger partial charge in [0.15, 0.2) is 0 Å². The second kappa shape index (κ2) is 5.63. The van der Waals surface area contributed by atoms with Gasteiger partial charge in [0, 0.05) is 17.8 Å². The highest BCUT2D eigenvalue weighted by Crippen LogP contribution is 2.12. The van der Waals surface area contributed by atoms with Crippen molar-refractivity contribution in [1.82, 2.24) is 4.98 Å². The van der Waals surface area contributed by atoms with Crippen molar-refractivity contribution in [2.45, 2.75) is 0 Å². The Morgan fingerprint density at radius 1 is 1.00 bits per heavy atom. The molecule has 4 heteroatoms. The predicted octanol–water partition coefficient (Wildman–Crippen LogP) is 2.46. The first kappa shape index (κ1) is 11.9. The smallest absolute Gasteiger partial charge is 0.359 e. The van der Waals surface area contributed by atoms with E-state index in [-0.39, 0.29) is 5.69 Å². The van der Waals surface area contributed by atoms with Gasteiger partial charge in [0.05, 0.1) is 0 Å². The number of fused-ring (bicyclic) bond motifs is 1. The van der Waals surface area contributed by atoms with E-state index < -0.39 is 5.63 Å². The van der Waals surface area contributed by atoms with Crippen molar-refractivity contribution in [3.8, 4) is 0 Å². The Hall–Kier alpha value is -2.62. The molecular weight excluding hydrogens is 228 g/mol. The Kier molecular flexibility index (Phi) is 3.71. The van der Waals surface area contributed by atoms with Gasteiger partial charge in [0.1, 0.15) is 11.3 Å². The molecule has 0 spiro atoms. The highest BCUT2D eigenvalue weighted by atomic mass is 16.4. The van der Waals surface area contributed by atoms with E-state index in [1.54, 1.807) is 24.5 Å². The van der Waals surface area contributed by atoms with Crippen molar-refractivity contribution >= 4 is 16.7 Å². The van der Waals surface area contributed by atoms with Crippen LogP contribution in [0.25, 0.3) is 11.0 Å². The van der Waals surface area contributed by atoms with Crippen LogP contribution in [-0.4, -0.2) is 4.98 Å². The summed E-state index contributed by atoms with van der Waals surface area (Å²) >= 11 is 0. The van der Waals surface area contributed by atoms with Crippen molar-refractivity contribution in [3.05, 3.63) is 71.3 Å².